The molecule has 0 radical (unpaired) electrons. The zero-order valence-electron chi connectivity index (χ0n) is 10.6. The van der Waals surface area contributed by atoms with Gasteiger partial charge in [-0.05, 0) is 19.3 Å². The van der Waals surface area contributed by atoms with Gasteiger partial charge in [0, 0.05) is 13.1 Å². The third kappa shape index (κ3) is 5.66. The Kier molecular flexibility index (Phi) is 8.70. The highest BCUT2D eigenvalue weighted by Crippen LogP contribution is 2.18. The van der Waals surface area contributed by atoms with Crippen molar-refractivity contribution in [1.82, 2.24) is 10.6 Å². The van der Waals surface area contributed by atoms with Crippen LogP contribution in [0.4, 0.5) is 0 Å². The number of hydrogen-bond donors (Lipinski definition) is 3. The van der Waals surface area contributed by atoms with Crippen LogP contribution in [0.25, 0.3) is 0 Å². The lowest BCUT2D eigenvalue weighted by Gasteiger charge is -2.12. The molecule has 0 bridgehead atoms. The molecule has 106 valence electrons. The van der Waals surface area contributed by atoms with Crippen molar-refractivity contribution < 1.29 is 14.3 Å². The van der Waals surface area contributed by atoms with E-state index in [4.69, 9.17) is 10.5 Å². The summed E-state index contributed by atoms with van der Waals surface area (Å²) < 4.78 is 5.42. The Bertz CT molecular complexity index is 276. The molecule has 1 saturated heterocycles. The van der Waals surface area contributed by atoms with Crippen LogP contribution in [-0.4, -0.2) is 43.7 Å². The van der Waals surface area contributed by atoms with E-state index in [-0.39, 0.29) is 36.9 Å². The molecule has 0 aromatic rings. The molecule has 1 aliphatic heterocycles. The van der Waals surface area contributed by atoms with Crippen LogP contribution in [0.2, 0.25) is 0 Å². The molecule has 7 heteroatoms. The molecule has 2 amide bonds. The molecule has 0 saturated carbocycles. The fourth-order valence-corrected chi connectivity index (χ4v) is 1.68. The standard InChI is InChI=1S/C11H21N3O3.ClH/c1-2-5-13-10(15)7-14-11(16)9-4-3-8(6-12)17-9;/h8-9H,2-7,12H2,1H3,(H,13,15)(H,14,16);1H/t8-,9+;/m1./s1. The summed E-state index contributed by atoms with van der Waals surface area (Å²) in [5.74, 6) is -0.402. The summed E-state index contributed by atoms with van der Waals surface area (Å²) >= 11 is 0. The van der Waals surface area contributed by atoms with Crippen molar-refractivity contribution in [3.05, 3.63) is 0 Å². The fourth-order valence-electron chi connectivity index (χ4n) is 1.68. The van der Waals surface area contributed by atoms with Crippen LogP contribution in [-0.2, 0) is 14.3 Å². The second kappa shape index (κ2) is 9.13. The number of nitrogens with one attached hydrogen (secondary N) is 2. The van der Waals surface area contributed by atoms with Crippen LogP contribution in [0.15, 0.2) is 0 Å². The Hall–Kier alpha value is -0.850. The number of carbonyl (C=O) groups is 2. The van der Waals surface area contributed by atoms with E-state index in [1.807, 2.05) is 6.92 Å². The Morgan fingerprint density at radius 2 is 2.06 bits per heavy atom. The smallest absolute Gasteiger partial charge is 0.249 e. The molecule has 2 atom stereocenters. The van der Waals surface area contributed by atoms with Gasteiger partial charge in [-0.25, -0.2) is 0 Å². The molecule has 0 unspecified atom stereocenters. The number of nitrogens with two attached hydrogens (primary N) is 1. The number of halogens is 1. The third-order valence-electron chi connectivity index (χ3n) is 2.66. The maximum absolute atomic E-state index is 11.6. The lowest BCUT2D eigenvalue weighted by atomic mass is 10.2. The molecule has 1 heterocycles. The van der Waals surface area contributed by atoms with Gasteiger partial charge in [-0.3, -0.25) is 9.59 Å². The fraction of sp³-hybridized carbons (Fsp3) is 0.818. The number of hydrogen-bond acceptors (Lipinski definition) is 4. The van der Waals surface area contributed by atoms with E-state index in [2.05, 4.69) is 10.6 Å². The van der Waals surface area contributed by atoms with E-state index < -0.39 is 6.10 Å². The minimum Gasteiger partial charge on any atom is -0.364 e. The number of rotatable bonds is 6. The van der Waals surface area contributed by atoms with E-state index in [0.717, 1.165) is 12.8 Å². The quantitative estimate of drug-likeness (QED) is 0.614. The van der Waals surface area contributed by atoms with E-state index in [1.165, 1.54) is 0 Å². The monoisotopic (exact) mass is 279 g/mol. The van der Waals surface area contributed by atoms with Gasteiger partial charge in [0.25, 0.3) is 0 Å². The lowest BCUT2D eigenvalue weighted by molar-refractivity contribution is -0.133. The van der Waals surface area contributed by atoms with Crippen LogP contribution in [0.1, 0.15) is 26.2 Å². The summed E-state index contributed by atoms with van der Waals surface area (Å²) in [6.07, 6.45) is 1.87. The van der Waals surface area contributed by atoms with Crippen molar-refractivity contribution >= 4 is 24.2 Å². The summed E-state index contributed by atoms with van der Waals surface area (Å²) in [6.45, 7) is 3.04. The van der Waals surface area contributed by atoms with Gasteiger partial charge in [-0.2, -0.15) is 0 Å². The van der Waals surface area contributed by atoms with E-state index in [1.54, 1.807) is 0 Å². The molecule has 4 N–H and O–H groups in total. The van der Waals surface area contributed by atoms with Crippen molar-refractivity contribution in [1.29, 1.82) is 0 Å². The van der Waals surface area contributed by atoms with Crippen molar-refractivity contribution in [3.63, 3.8) is 0 Å². The van der Waals surface area contributed by atoms with Crippen molar-refractivity contribution in [2.24, 2.45) is 5.73 Å². The number of carbonyl (C=O) groups excluding carboxylic acids is 2. The van der Waals surface area contributed by atoms with Gasteiger partial charge in [0.15, 0.2) is 0 Å². The van der Waals surface area contributed by atoms with Gasteiger partial charge in [0.2, 0.25) is 11.8 Å². The Labute approximate surface area is 113 Å². The SMILES string of the molecule is CCCNC(=O)CNC(=O)[C@@H]1CC[C@H](CN)O1.Cl. The van der Waals surface area contributed by atoms with Crippen LogP contribution in [0, 0.1) is 0 Å². The van der Waals surface area contributed by atoms with Gasteiger partial charge in [0.05, 0.1) is 12.6 Å². The topological polar surface area (TPSA) is 93.5 Å². The summed E-state index contributed by atoms with van der Waals surface area (Å²) in [7, 11) is 0. The average Bonchev–Trinajstić information content (AvgIpc) is 2.82. The van der Waals surface area contributed by atoms with Crippen molar-refractivity contribution in [2.75, 3.05) is 19.6 Å². The zero-order valence-corrected chi connectivity index (χ0v) is 11.4. The minimum atomic E-state index is -0.456. The van der Waals surface area contributed by atoms with Crippen molar-refractivity contribution in [3.8, 4) is 0 Å². The molecular formula is C11H22ClN3O3. The molecule has 18 heavy (non-hydrogen) atoms. The van der Waals surface area contributed by atoms with Crippen LogP contribution < -0.4 is 16.4 Å². The van der Waals surface area contributed by atoms with Crippen LogP contribution in [0.5, 0.6) is 0 Å². The first-order chi connectivity index (χ1) is 8.17. The predicted molar refractivity (Wildman–Crippen MR) is 70.5 cm³/mol. The largest absolute Gasteiger partial charge is 0.364 e. The van der Waals surface area contributed by atoms with Gasteiger partial charge < -0.3 is 21.1 Å². The number of ether oxygens (including phenoxy) is 1. The molecule has 0 spiro atoms. The molecule has 0 aliphatic carbocycles. The molecule has 0 aromatic heterocycles. The maximum Gasteiger partial charge on any atom is 0.249 e. The Balaban J connectivity index is 0.00000289. The maximum atomic E-state index is 11.6. The van der Waals surface area contributed by atoms with Crippen molar-refractivity contribution in [2.45, 2.75) is 38.4 Å². The lowest BCUT2D eigenvalue weighted by Crippen LogP contribution is -2.41. The van der Waals surface area contributed by atoms with Gasteiger partial charge in [-0.15, -0.1) is 12.4 Å². The molecule has 1 aliphatic rings. The Morgan fingerprint density at radius 3 is 2.61 bits per heavy atom. The summed E-state index contributed by atoms with van der Waals surface area (Å²) in [6, 6.07) is 0. The van der Waals surface area contributed by atoms with E-state index >= 15 is 0 Å². The number of amides is 2. The first-order valence-corrected chi connectivity index (χ1v) is 6.07. The second-order valence-corrected chi connectivity index (χ2v) is 4.13. The molecule has 6 nitrogen and oxygen atoms in total. The molecule has 1 rings (SSSR count). The van der Waals surface area contributed by atoms with Crippen LogP contribution >= 0.6 is 12.4 Å². The molecule has 0 aromatic carbocycles. The Morgan fingerprint density at radius 1 is 1.33 bits per heavy atom. The third-order valence-corrected chi connectivity index (χ3v) is 2.66. The average molecular weight is 280 g/mol. The van der Waals surface area contributed by atoms with E-state index in [0.29, 0.717) is 19.5 Å². The highest BCUT2D eigenvalue weighted by atomic mass is 35.5. The summed E-state index contributed by atoms with van der Waals surface area (Å²) in [5.41, 5.74) is 5.45. The van der Waals surface area contributed by atoms with Gasteiger partial charge >= 0.3 is 0 Å². The molecular weight excluding hydrogens is 258 g/mol. The first kappa shape index (κ1) is 17.2. The first-order valence-electron chi connectivity index (χ1n) is 6.07. The second-order valence-electron chi connectivity index (χ2n) is 4.13. The molecule has 1 fully saturated rings. The van der Waals surface area contributed by atoms with Gasteiger partial charge in [-0.1, -0.05) is 6.92 Å². The van der Waals surface area contributed by atoms with Gasteiger partial charge in [0.1, 0.15) is 6.10 Å². The highest BCUT2D eigenvalue weighted by molar-refractivity contribution is 5.87. The summed E-state index contributed by atoms with van der Waals surface area (Å²) in [5, 5.41) is 5.24. The van der Waals surface area contributed by atoms with E-state index in [9.17, 15) is 9.59 Å². The highest BCUT2D eigenvalue weighted by Gasteiger charge is 2.29. The summed E-state index contributed by atoms with van der Waals surface area (Å²) in [4.78, 5) is 22.9. The normalized spacial score (nSPS) is 22.1. The van der Waals surface area contributed by atoms with Crippen LogP contribution in [0.3, 0.4) is 0 Å². The predicted octanol–water partition coefficient (Wildman–Crippen LogP) is -0.443. The minimum absolute atomic E-state index is 0. The zero-order chi connectivity index (χ0) is 12.7.